The molecule has 0 spiro atoms. The molecular weight excluding hydrogens is 366 g/mol. The quantitative estimate of drug-likeness (QED) is 0.641. The van der Waals surface area contributed by atoms with Crippen molar-refractivity contribution in [2.45, 2.75) is 25.8 Å². The fourth-order valence-corrected chi connectivity index (χ4v) is 4.18. The summed E-state index contributed by atoms with van der Waals surface area (Å²) in [4.78, 5) is 39.5. The van der Waals surface area contributed by atoms with Gasteiger partial charge in [-0.25, -0.2) is 0 Å². The number of para-hydroxylation sites is 2. The van der Waals surface area contributed by atoms with Crippen molar-refractivity contribution in [3.8, 4) is 0 Å². The Labute approximate surface area is 169 Å². The molecule has 3 aromatic rings. The van der Waals surface area contributed by atoms with E-state index in [-0.39, 0.29) is 12.5 Å². The lowest BCUT2D eigenvalue weighted by molar-refractivity contribution is -0.133. The summed E-state index contributed by atoms with van der Waals surface area (Å²) in [6, 6.07) is 17.6. The van der Waals surface area contributed by atoms with Crippen LogP contribution in [0.5, 0.6) is 0 Å². The summed E-state index contributed by atoms with van der Waals surface area (Å²) in [6.07, 6.45) is 2.93. The van der Waals surface area contributed by atoms with Crippen molar-refractivity contribution < 1.29 is 4.79 Å². The van der Waals surface area contributed by atoms with Crippen molar-refractivity contribution >= 4 is 16.9 Å². The molecule has 1 aliphatic heterocycles. The van der Waals surface area contributed by atoms with Crippen molar-refractivity contribution in [1.29, 1.82) is 0 Å². The normalized spacial score (nSPS) is 15.0. The number of carbonyl (C=O) groups is 1. The molecule has 0 saturated carbocycles. The van der Waals surface area contributed by atoms with E-state index in [1.54, 1.807) is 19.2 Å². The highest BCUT2D eigenvalue weighted by Crippen LogP contribution is 2.22. The van der Waals surface area contributed by atoms with Crippen LogP contribution in [0.15, 0.2) is 64.2 Å². The van der Waals surface area contributed by atoms with E-state index in [1.807, 2.05) is 23.1 Å². The lowest BCUT2D eigenvalue weighted by Crippen LogP contribution is -2.45. The zero-order valence-electron chi connectivity index (χ0n) is 16.6. The highest BCUT2D eigenvalue weighted by molar-refractivity contribution is 5.80. The molecule has 1 aromatic heterocycles. The number of amides is 1. The second-order valence-electron chi connectivity index (χ2n) is 7.76. The number of fused-ring (bicyclic) bond motifs is 1. The van der Waals surface area contributed by atoms with E-state index in [9.17, 15) is 14.4 Å². The smallest absolute Gasteiger partial charge is 0.317 e. The van der Waals surface area contributed by atoms with Crippen LogP contribution in [-0.4, -0.2) is 33.0 Å². The van der Waals surface area contributed by atoms with Crippen LogP contribution in [0.25, 0.3) is 11.0 Å². The molecular formula is C23H25N3O3. The number of aryl methyl sites for hydroxylation is 1. The van der Waals surface area contributed by atoms with Crippen LogP contribution in [-0.2, 0) is 24.8 Å². The van der Waals surface area contributed by atoms with Gasteiger partial charge in [-0.1, -0.05) is 42.5 Å². The SMILES string of the molecule is Cn1c(=O)c(=O)n(CC(=O)N2CCC(Cc3ccccc3)CC2)c2ccccc21. The highest BCUT2D eigenvalue weighted by Gasteiger charge is 2.24. The Hall–Kier alpha value is -3.15. The van der Waals surface area contributed by atoms with E-state index in [4.69, 9.17) is 0 Å². The van der Waals surface area contributed by atoms with Crippen molar-refractivity contribution in [3.05, 3.63) is 80.9 Å². The number of aromatic nitrogens is 2. The summed E-state index contributed by atoms with van der Waals surface area (Å²) in [5, 5.41) is 0. The van der Waals surface area contributed by atoms with Gasteiger partial charge in [-0.15, -0.1) is 0 Å². The van der Waals surface area contributed by atoms with E-state index < -0.39 is 11.1 Å². The molecule has 6 heteroatoms. The van der Waals surface area contributed by atoms with E-state index in [2.05, 4.69) is 24.3 Å². The Kier molecular flexibility index (Phi) is 5.34. The monoisotopic (exact) mass is 391 g/mol. The molecule has 1 aliphatic rings. The maximum absolute atomic E-state index is 12.9. The molecule has 6 nitrogen and oxygen atoms in total. The molecule has 0 radical (unpaired) electrons. The van der Waals surface area contributed by atoms with E-state index in [0.717, 1.165) is 19.3 Å². The van der Waals surface area contributed by atoms with Crippen LogP contribution in [0.4, 0.5) is 0 Å². The van der Waals surface area contributed by atoms with Crippen molar-refractivity contribution in [3.63, 3.8) is 0 Å². The third kappa shape index (κ3) is 3.88. The van der Waals surface area contributed by atoms with Crippen LogP contribution in [0.3, 0.4) is 0 Å². The van der Waals surface area contributed by atoms with Gasteiger partial charge in [0.05, 0.1) is 11.0 Å². The number of carbonyl (C=O) groups excluding carboxylic acids is 1. The molecule has 1 amide bonds. The summed E-state index contributed by atoms with van der Waals surface area (Å²) in [7, 11) is 1.58. The minimum Gasteiger partial charge on any atom is -0.341 e. The van der Waals surface area contributed by atoms with Gasteiger partial charge in [0.25, 0.3) is 0 Å². The second kappa shape index (κ2) is 8.07. The molecule has 4 rings (SSSR count). The Morgan fingerprint density at radius 3 is 2.21 bits per heavy atom. The first kappa shape index (κ1) is 19.2. The third-order valence-corrected chi connectivity index (χ3v) is 5.89. The molecule has 0 bridgehead atoms. The van der Waals surface area contributed by atoms with E-state index >= 15 is 0 Å². The highest BCUT2D eigenvalue weighted by atomic mass is 16.2. The van der Waals surface area contributed by atoms with E-state index in [1.165, 1.54) is 14.7 Å². The van der Waals surface area contributed by atoms with Gasteiger partial charge in [0.1, 0.15) is 6.54 Å². The summed E-state index contributed by atoms with van der Waals surface area (Å²) in [6.45, 7) is 1.28. The minimum absolute atomic E-state index is 0.0984. The average molecular weight is 391 g/mol. The number of nitrogens with zero attached hydrogens (tertiary/aromatic N) is 3. The van der Waals surface area contributed by atoms with Gasteiger partial charge in [-0.05, 0) is 42.9 Å². The lowest BCUT2D eigenvalue weighted by atomic mass is 9.90. The first-order valence-corrected chi connectivity index (χ1v) is 10.0. The molecule has 0 atom stereocenters. The van der Waals surface area contributed by atoms with Crippen LogP contribution in [0, 0.1) is 5.92 Å². The molecule has 150 valence electrons. The predicted molar refractivity (Wildman–Crippen MR) is 113 cm³/mol. The number of hydrogen-bond acceptors (Lipinski definition) is 3. The Bertz CT molecular complexity index is 1140. The molecule has 2 heterocycles. The summed E-state index contributed by atoms with van der Waals surface area (Å²) >= 11 is 0. The maximum atomic E-state index is 12.9. The molecule has 1 fully saturated rings. The van der Waals surface area contributed by atoms with Gasteiger partial charge in [0.2, 0.25) is 5.91 Å². The second-order valence-corrected chi connectivity index (χ2v) is 7.76. The first-order chi connectivity index (χ1) is 14.0. The summed E-state index contributed by atoms with van der Waals surface area (Å²) in [5.41, 5.74) is 1.31. The number of hydrogen-bond donors (Lipinski definition) is 0. The van der Waals surface area contributed by atoms with Crippen LogP contribution in [0.1, 0.15) is 18.4 Å². The van der Waals surface area contributed by atoms with Gasteiger partial charge in [-0.2, -0.15) is 0 Å². The topological polar surface area (TPSA) is 64.3 Å². The standard InChI is InChI=1S/C23H25N3O3/c1-24-19-9-5-6-10-20(19)26(23(29)22(24)28)16-21(27)25-13-11-18(12-14-25)15-17-7-3-2-4-8-17/h2-10,18H,11-16H2,1H3. The average Bonchev–Trinajstić information content (AvgIpc) is 2.76. The van der Waals surface area contributed by atoms with Crippen LogP contribution >= 0.6 is 0 Å². The van der Waals surface area contributed by atoms with Gasteiger partial charge in [0.15, 0.2) is 0 Å². The maximum Gasteiger partial charge on any atom is 0.317 e. The molecule has 0 aliphatic carbocycles. The molecule has 29 heavy (non-hydrogen) atoms. The first-order valence-electron chi connectivity index (χ1n) is 10.0. The van der Waals surface area contributed by atoms with Gasteiger partial charge >= 0.3 is 11.1 Å². The predicted octanol–water partition coefficient (Wildman–Crippen LogP) is 2.18. The Morgan fingerprint density at radius 1 is 0.897 bits per heavy atom. The fourth-order valence-electron chi connectivity index (χ4n) is 4.18. The Balaban J connectivity index is 1.47. The molecule has 0 N–H and O–H groups in total. The molecule has 1 saturated heterocycles. The van der Waals surface area contributed by atoms with Crippen molar-refractivity contribution in [2.75, 3.05) is 13.1 Å². The Morgan fingerprint density at radius 2 is 1.52 bits per heavy atom. The number of likely N-dealkylation sites (tertiary alicyclic amines) is 1. The summed E-state index contributed by atoms with van der Waals surface area (Å²) in [5.74, 6) is 0.456. The van der Waals surface area contributed by atoms with Gasteiger partial charge < -0.3 is 9.47 Å². The number of benzene rings is 2. The zero-order valence-corrected chi connectivity index (χ0v) is 16.6. The largest absolute Gasteiger partial charge is 0.341 e. The van der Waals surface area contributed by atoms with Crippen LogP contribution < -0.4 is 11.1 Å². The van der Waals surface area contributed by atoms with Gasteiger partial charge in [-0.3, -0.25) is 19.0 Å². The van der Waals surface area contributed by atoms with E-state index in [0.29, 0.717) is 30.0 Å². The fraction of sp³-hybridized carbons (Fsp3) is 0.348. The summed E-state index contributed by atoms with van der Waals surface area (Å²) < 4.78 is 2.66. The third-order valence-electron chi connectivity index (χ3n) is 5.89. The molecule has 2 aromatic carbocycles. The number of rotatable bonds is 4. The molecule has 0 unspecified atom stereocenters. The number of piperidine rings is 1. The van der Waals surface area contributed by atoms with Crippen LogP contribution in [0.2, 0.25) is 0 Å². The van der Waals surface area contributed by atoms with Crippen molar-refractivity contribution in [2.24, 2.45) is 13.0 Å². The lowest BCUT2D eigenvalue weighted by Gasteiger charge is -2.32. The minimum atomic E-state index is -0.654. The zero-order chi connectivity index (χ0) is 20.4. The van der Waals surface area contributed by atoms with Crippen molar-refractivity contribution in [1.82, 2.24) is 14.0 Å². The van der Waals surface area contributed by atoms with Gasteiger partial charge in [0, 0.05) is 20.1 Å².